The van der Waals surface area contributed by atoms with E-state index in [1.54, 1.807) is 13.8 Å². The van der Waals surface area contributed by atoms with E-state index in [0.717, 1.165) is 5.56 Å². The van der Waals surface area contributed by atoms with Gasteiger partial charge in [0.1, 0.15) is 0 Å². The van der Waals surface area contributed by atoms with Gasteiger partial charge in [-0.2, -0.15) is 0 Å². The molecule has 0 atom stereocenters. The van der Waals surface area contributed by atoms with Crippen LogP contribution in [0, 0.1) is 11.8 Å². The molecule has 0 aliphatic rings. The lowest BCUT2D eigenvalue weighted by Gasteiger charge is -2.01. The molecule has 0 saturated heterocycles. The van der Waals surface area contributed by atoms with E-state index in [9.17, 15) is 4.79 Å². The first-order valence-electron chi connectivity index (χ1n) is 4.46. The summed E-state index contributed by atoms with van der Waals surface area (Å²) in [5.41, 5.74) is 0.813. The number of benzene rings is 1. The van der Waals surface area contributed by atoms with Gasteiger partial charge in [0.2, 0.25) is 0 Å². The van der Waals surface area contributed by atoms with Crippen LogP contribution in [0.15, 0.2) is 30.3 Å². The fraction of sp³-hybridized carbons (Fsp3) is 0.250. The summed E-state index contributed by atoms with van der Waals surface area (Å²) in [4.78, 5) is 11.0. The molecule has 0 heterocycles. The Morgan fingerprint density at radius 1 is 1.29 bits per heavy atom. The van der Waals surface area contributed by atoms with Gasteiger partial charge in [-0.1, -0.05) is 24.1 Å². The SMILES string of the molecule is CC(C)OC(=O)C#Cc1ccccc1. The van der Waals surface area contributed by atoms with Crippen molar-refractivity contribution in [1.29, 1.82) is 0 Å². The molecular weight excluding hydrogens is 176 g/mol. The summed E-state index contributed by atoms with van der Waals surface area (Å²) < 4.78 is 4.86. The highest BCUT2D eigenvalue weighted by Crippen LogP contribution is 1.95. The minimum Gasteiger partial charge on any atom is -0.453 e. The molecule has 0 fully saturated rings. The summed E-state index contributed by atoms with van der Waals surface area (Å²) in [5.74, 6) is 4.66. The third kappa shape index (κ3) is 3.77. The molecule has 0 N–H and O–H groups in total. The first-order valence-corrected chi connectivity index (χ1v) is 4.46. The van der Waals surface area contributed by atoms with Crippen molar-refractivity contribution in [3.05, 3.63) is 35.9 Å². The standard InChI is InChI=1S/C12H12O2/c1-10(2)14-12(13)9-8-11-6-4-3-5-7-11/h3-7,10H,1-2H3. The van der Waals surface area contributed by atoms with E-state index in [-0.39, 0.29) is 6.10 Å². The van der Waals surface area contributed by atoms with Crippen LogP contribution in [0.2, 0.25) is 0 Å². The fourth-order valence-corrected chi connectivity index (χ4v) is 0.888. The van der Waals surface area contributed by atoms with Crippen LogP contribution in [0.5, 0.6) is 0 Å². The van der Waals surface area contributed by atoms with Gasteiger partial charge in [0.15, 0.2) is 0 Å². The lowest BCUT2D eigenvalue weighted by Crippen LogP contribution is -2.08. The topological polar surface area (TPSA) is 26.3 Å². The van der Waals surface area contributed by atoms with Crippen molar-refractivity contribution < 1.29 is 9.53 Å². The fourth-order valence-electron chi connectivity index (χ4n) is 0.888. The van der Waals surface area contributed by atoms with Crippen LogP contribution in [0.4, 0.5) is 0 Å². The van der Waals surface area contributed by atoms with Crippen LogP contribution >= 0.6 is 0 Å². The lowest BCUT2D eigenvalue weighted by molar-refractivity contribution is -0.140. The average Bonchev–Trinajstić information content (AvgIpc) is 2.15. The largest absolute Gasteiger partial charge is 0.453 e. The summed E-state index contributed by atoms with van der Waals surface area (Å²) in [7, 11) is 0. The molecule has 0 amide bonds. The second kappa shape index (κ2) is 5.08. The van der Waals surface area contributed by atoms with Gasteiger partial charge in [0.05, 0.1) is 6.10 Å². The van der Waals surface area contributed by atoms with Crippen LogP contribution in [-0.2, 0) is 9.53 Å². The molecule has 0 saturated carbocycles. The zero-order valence-corrected chi connectivity index (χ0v) is 8.28. The Morgan fingerprint density at radius 3 is 2.50 bits per heavy atom. The minimum atomic E-state index is -0.483. The van der Waals surface area contributed by atoms with E-state index in [1.807, 2.05) is 30.3 Å². The van der Waals surface area contributed by atoms with Crippen LogP contribution in [0.1, 0.15) is 19.4 Å². The van der Waals surface area contributed by atoms with E-state index < -0.39 is 5.97 Å². The molecule has 14 heavy (non-hydrogen) atoms. The molecule has 0 unspecified atom stereocenters. The molecule has 0 aromatic heterocycles. The number of hydrogen-bond acceptors (Lipinski definition) is 2. The van der Waals surface area contributed by atoms with E-state index in [4.69, 9.17) is 4.74 Å². The van der Waals surface area contributed by atoms with Gasteiger partial charge in [0, 0.05) is 11.5 Å². The molecule has 0 aliphatic carbocycles. The predicted octanol–water partition coefficient (Wildman–Crippen LogP) is 1.99. The Kier molecular flexibility index (Phi) is 3.75. The van der Waals surface area contributed by atoms with Crippen molar-refractivity contribution in [2.45, 2.75) is 20.0 Å². The molecule has 2 heteroatoms. The number of hydrogen-bond donors (Lipinski definition) is 0. The first kappa shape index (κ1) is 10.3. The number of esters is 1. The second-order valence-electron chi connectivity index (χ2n) is 3.07. The van der Waals surface area contributed by atoms with Crippen LogP contribution in [0.3, 0.4) is 0 Å². The Morgan fingerprint density at radius 2 is 1.93 bits per heavy atom. The maximum absolute atomic E-state index is 11.0. The molecule has 2 nitrogen and oxygen atoms in total. The normalized spacial score (nSPS) is 9.07. The minimum absolute atomic E-state index is 0.118. The van der Waals surface area contributed by atoms with Crippen LogP contribution in [-0.4, -0.2) is 12.1 Å². The van der Waals surface area contributed by atoms with Gasteiger partial charge in [0.25, 0.3) is 0 Å². The summed E-state index contributed by atoms with van der Waals surface area (Å²) >= 11 is 0. The highest BCUT2D eigenvalue weighted by molar-refractivity contribution is 5.89. The van der Waals surface area contributed by atoms with E-state index in [2.05, 4.69) is 11.8 Å². The molecule has 1 rings (SSSR count). The first-order chi connectivity index (χ1) is 6.68. The molecule has 1 aromatic rings. The zero-order chi connectivity index (χ0) is 10.4. The van der Waals surface area contributed by atoms with Gasteiger partial charge >= 0.3 is 5.97 Å². The molecule has 0 spiro atoms. The van der Waals surface area contributed by atoms with Gasteiger partial charge < -0.3 is 4.74 Å². The van der Waals surface area contributed by atoms with Crippen LogP contribution < -0.4 is 0 Å². The van der Waals surface area contributed by atoms with Crippen molar-refractivity contribution in [3.8, 4) is 11.8 Å². The van der Waals surface area contributed by atoms with E-state index in [1.165, 1.54) is 0 Å². The number of ether oxygens (including phenoxy) is 1. The number of carbonyl (C=O) groups is 1. The van der Waals surface area contributed by atoms with E-state index in [0.29, 0.717) is 0 Å². The Balaban J connectivity index is 2.60. The molecule has 72 valence electrons. The number of carbonyl (C=O) groups excluding carboxylic acids is 1. The molecule has 0 radical (unpaired) electrons. The van der Waals surface area contributed by atoms with Gasteiger partial charge in [-0.15, -0.1) is 0 Å². The lowest BCUT2D eigenvalue weighted by atomic mass is 10.2. The summed E-state index contributed by atoms with van der Waals surface area (Å²) in [6.07, 6.45) is -0.118. The van der Waals surface area contributed by atoms with Crippen LogP contribution in [0.25, 0.3) is 0 Å². The Hall–Kier alpha value is -1.75. The zero-order valence-electron chi connectivity index (χ0n) is 8.28. The monoisotopic (exact) mass is 188 g/mol. The van der Waals surface area contributed by atoms with Gasteiger partial charge in [-0.3, -0.25) is 0 Å². The van der Waals surface area contributed by atoms with Gasteiger partial charge in [-0.25, -0.2) is 4.79 Å². The molecule has 1 aromatic carbocycles. The summed E-state index contributed by atoms with van der Waals surface area (Å²) in [6.45, 7) is 3.59. The highest BCUT2D eigenvalue weighted by Gasteiger charge is 1.99. The van der Waals surface area contributed by atoms with Crippen molar-refractivity contribution >= 4 is 5.97 Å². The second-order valence-corrected chi connectivity index (χ2v) is 3.07. The Bertz CT molecular complexity index is 355. The maximum Gasteiger partial charge on any atom is 0.384 e. The molecule has 0 bridgehead atoms. The third-order valence-electron chi connectivity index (χ3n) is 1.43. The van der Waals surface area contributed by atoms with Crippen molar-refractivity contribution in [1.82, 2.24) is 0 Å². The van der Waals surface area contributed by atoms with Crippen molar-refractivity contribution in [3.63, 3.8) is 0 Å². The molecular formula is C12H12O2. The smallest absolute Gasteiger partial charge is 0.384 e. The predicted molar refractivity (Wildman–Crippen MR) is 54.5 cm³/mol. The van der Waals surface area contributed by atoms with Crippen molar-refractivity contribution in [2.24, 2.45) is 0 Å². The number of rotatable bonds is 1. The van der Waals surface area contributed by atoms with Gasteiger partial charge in [-0.05, 0) is 26.0 Å². The summed E-state index contributed by atoms with van der Waals surface area (Å²) in [5, 5.41) is 0. The summed E-state index contributed by atoms with van der Waals surface area (Å²) in [6, 6.07) is 9.33. The highest BCUT2D eigenvalue weighted by atomic mass is 16.5. The quantitative estimate of drug-likeness (QED) is 0.497. The third-order valence-corrected chi connectivity index (χ3v) is 1.43. The maximum atomic E-state index is 11.0. The van der Waals surface area contributed by atoms with E-state index >= 15 is 0 Å². The molecule has 0 aliphatic heterocycles. The van der Waals surface area contributed by atoms with Crippen molar-refractivity contribution in [2.75, 3.05) is 0 Å². The average molecular weight is 188 g/mol. The Labute approximate surface area is 83.9 Å².